The molecule has 0 spiro atoms. The smallest absolute Gasteiger partial charge is 0.243 e. The molecule has 2 atom stereocenters. The van der Waals surface area contributed by atoms with Gasteiger partial charge in [-0.15, -0.1) is 0 Å². The predicted octanol–water partition coefficient (Wildman–Crippen LogP) is 1.56. The number of hydrogen-bond acceptors (Lipinski definition) is 4. The van der Waals surface area contributed by atoms with Crippen LogP contribution in [-0.2, 0) is 10.0 Å². The Bertz CT molecular complexity index is 627. The van der Waals surface area contributed by atoms with Gasteiger partial charge in [0.2, 0.25) is 10.0 Å². The first-order valence-corrected chi connectivity index (χ1v) is 8.52. The van der Waals surface area contributed by atoms with Gasteiger partial charge in [-0.25, -0.2) is 8.42 Å². The zero-order chi connectivity index (χ0) is 15.8. The summed E-state index contributed by atoms with van der Waals surface area (Å²) in [6, 6.07) is 3.30. The molecule has 0 unspecified atom stereocenters. The Morgan fingerprint density at radius 1 is 1.29 bits per heavy atom. The second-order valence-corrected chi connectivity index (χ2v) is 7.66. The predicted molar refractivity (Wildman–Crippen MR) is 81.0 cm³/mol. The van der Waals surface area contributed by atoms with Gasteiger partial charge in [0.15, 0.2) is 0 Å². The van der Waals surface area contributed by atoms with Crippen molar-refractivity contribution < 1.29 is 18.3 Å². The lowest BCUT2D eigenvalue weighted by atomic mass is 10.00. The van der Waals surface area contributed by atoms with Crippen molar-refractivity contribution >= 4 is 10.0 Å². The van der Waals surface area contributed by atoms with E-state index in [1.165, 1.54) is 4.31 Å². The number of benzene rings is 1. The number of nitrogens with zero attached hydrogens (tertiary/aromatic N) is 1. The summed E-state index contributed by atoms with van der Waals surface area (Å²) in [7, 11) is -1.95. The van der Waals surface area contributed by atoms with Gasteiger partial charge in [0.05, 0.1) is 12.0 Å². The number of aliphatic hydroxyl groups excluding tert-OH is 1. The molecule has 1 heterocycles. The van der Waals surface area contributed by atoms with Crippen LogP contribution in [0.5, 0.6) is 5.75 Å². The second kappa shape index (κ2) is 5.94. The van der Waals surface area contributed by atoms with Gasteiger partial charge >= 0.3 is 0 Å². The highest BCUT2D eigenvalue weighted by Gasteiger charge is 2.37. The van der Waals surface area contributed by atoms with E-state index in [0.29, 0.717) is 23.7 Å². The van der Waals surface area contributed by atoms with Crippen LogP contribution in [0, 0.1) is 25.7 Å². The summed E-state index contributed by atoms with van der Waals surface area (Å²) in [6.45, 7) is 6.49. The number of methoxy groups -OCH3 is 1. The first kappa shape index (κ1) is 16.3. The first-order chi connectivity index (χ1) is 9.82. The quantitative estimate of drug-likeness (QED) is 0.916. The molecule has 21 heavy (non-hydrogen) atoms. The van der Waals surface area contributed by atoms with E-state index >= 15 is 0 Å². The average molecular weight is 313 g/mol. The Hall–Kier alpha value is -1.11. The largest absolute Gasteiger partial charge is 0.496 e. The molecule has 2 rings (SSSR count). The van der Waals surface area contributed by atoms with Gasteiger partial charge in [-0.2, -0.15) is 4.31 Å². The molecule has 0 radical (unpaired) electrons. The van der Waals surface area contributed by atoms with Crippen molar-refractivity contribution in [2.24, 2.45) is 11.8 Å². The lowest BCUT2D eigenvalue weighted by molar-refractivity contribution is 0.210. The van der Waals surface area contributed by atoms with Gasteiger partial charge in [0, 0.05) is 19.7 Å². The maximum atomic E-state index is 12.8. The lowest BCUT2D eigenvalue weighted by Crippen LogP contribution is -2.30. The minimum absolute atomic E-state index is 0.0134. The van der Waals surface area contributed by atoms with Crippen molar-refractivity contribution in [3.63, 3.8) is 0 Å². The standard InChI is InChI=1S/C15H23NO4S/c1-10-7-16(8-13(10)9-17)21(18,19)15-6-5-14(20-4)11(2)12(15)3/h5-6,10,13,17H,7-9H2,1-4H3/t10-,13+/m1/s1. The maximum absolute atomic E-state index is 12.8. The van der Waals surface area contributed by atoms with Gasteiger partial charge in [0.25, 0.3) is 0 Å². The van der Waals surface area contributed by atoms with Crippen molar-refractivity contribution in [2.45, 2.75) is 25.7 Å². The van der Waals surface area contributed by atoms with Gasteiger partial charge in [-0.1, -0.05) is 6.92 Å². The molecule has 1 N–H and O–H groups in total. The summed E-state index contributed by atoms with van der Waals surface area (Å²) in [5.74, 6) is 0.873. The van der Waals surface area contributed by atoms with E-state index in [9.17, 15) is 13.5 Å². The van der Waals surface area contributed by atoms with Crippen LogP contribution in [0.15, 0.2) is 17.0 Å². The Kier molecular flexibility index (Phi) is 4.60. The van der Waals surface area contributed by atoms with Crippen LogP contribution in [0.3, 0.4) is 0 Å². The molecule has 1 aliphatic heterocycles. The lowest BCUT2D eigenvalue weighted by Gasteiger charge is -2.19. The summed E-state index contributed by atoms with van der Waals surface area (Å²) in [5.41, 5.74) is 1.55. The topological polar surface area (TPSA) is 66.8 Å². The monoisotopic (exact) mass is 313 g/mol. The number of rotatable bonds is 4. The second-order valence-electron chi connectivity index (χ2n) is 5.76. The molecule has 6 heteroatoms. The number of ether oxygens (including phenoxy) is 1. The van der Waals surface area contributed by atoms with Crippen molar-refractivity contribution in [3.05, 3.63) is 23.3 Å². The third-order valence-electron chi connectivity index (χ3n) is 4.49. The molecule has 0 bridgehead atoms. The van der Waals surface area contributed by atoms with Gasteiger partial charge in [0.1, 0.15) is 5.75 Å². The van der Waals surface area contributed by atoms with Crippen LogP contribution >= 0.6 is 0 Å². The Morgan fingerprint density at radius 3 is 2.48 bits per heavy atom. The zero-order valence-corrected chi connectivity index (χ0v) is 13.8. The van der Waals surface area contributed by atoms with E-state index in [2.05, 4.69) is 0 Å². The summed E-state index contributed by atoms with van der Waals surface area (Å²) in [6.07, 6.45) is 0. The maximum Gasteiger partial charge on any atom is 0.243 e. The van der Waals surface area contributed by atoms with Gasteiger partial charge in [-0.3, -0.25) is 0 Å². The van der Waals surface area contributed by atoms with Crippen LogP contribution in [0.25, 0.3) is 0 Å². The molecular weight excluding hydrogens is 290 g/mol. The summed E-state index contributed by atoms with van der Waals surface area (Å²) >= 11 is 0. The third-order valence-corrected chi connectivity index (χ3v) is 6.47. The summed E-state index contributed by atoms with van der Waals surface area (Å²) in [4.78, 5) is 0.326. The fraction of sp³-hybridized carbons (Fsp3) is 0.600. The van der Waals surface area contributed by atoms with Gasteiger partial charge in [-0.05, 0) is 48.9 Å². The Morgan fingerprint density at radius 2 is 1.95 bits per heavy atom. The van der Waals surface area contributed by atoms with Crippen LogP contribution in [0.2, 0.25) is 0 Å². The van der Waals surface area contributed by atoms with E-state index in [0.717, 1.165) is 11.1 Å². The van der Waals surface area contributed by atoms with E-state index in [-0.39, 0.29) is 18.4 Å². The molecular formula is C15H23NO4S. The molecule has 1 aromatic rings. The number of hydrogen-bond donors (Lipinski definition) is 1. The van der Waals surface area contributed by atoms with Crippen molar-refractivity contribution in [2.75, 3.05) is 26.8 Å². The van der Waals surface area contributed by atoms with Crippen LogP contribution < -0.4 is 4.74 Å². The molecule has 118 valence electrons. The molecule has 1 aromatic carbocycles. The molecule has 0 amide bonds. The molecule has 1 saturated heterocycles. The molecule has 0 aromatic heterocycles. The minimum Gasteiger partial charge on any atom is -0.496 e. The summed E-state index contributed by atoms with van der Waals surface area (Å²) < 4.78 is 32.3. The Balaban J connectivity index is 2.40. The first-order valence-electron chi connectivity index (χ1n) is 7.08. The highest BCUT2D eigenvalue weighted by Crippen LogP contribution is 2.32. The number of sulfonamides is 1. The molecule has 1 fully saturated rings. The van der Waals surface area contributed by atoms with E-state index in [1.54, 1.807) is 26.2 Å². The highest BCUT2D eigenvalue weighted by atomic mass is 32.2. The van der Waals surface area contributed by atoms with Crippen molar-refractivity contribution in [1.82, 2.24) is 4.31 Å². The van der Waals surface area contributed by atoms with Crippen LogP contribution in [0.4, 0.5) is 0 Å². The molecule has 0 aliphatic carbocycles. The minimum atomic E-state index is -3.53. The molecule has 1 aliphatic rings. The Labute approximate surface area is 126 Å². The van der Waals surface area contributed by atoms with Crippen LogP contribution in [0.1, 0.15) is 18.1 Å². The normalized spacial score (nSPS) is 23.5. The fourth-order valence-corrected chi connectivity index (χ4v) is 4.71. The van der Waals surface area contributed by atoms with E-state index < -0.39 is 10.0 Å². The molecule has 5 nitrogen and oxygen atoms in total. The van der Waals surface area contributed by atoms with E-state index in [1.807, 2.05) is 13.8 Å². The van der Waals surface area contributed by atoms with Crippen molar-refractivity contribution in [1.29, 1.82) is 0 Å². The highest BCUT2D eigenvalue weighted by molar-refractivity contribution is 7.89. The van der Waals surface area contributed by atoms with Crippen LogP contribution in [-0.4, -0.2) is 44.6 Å². The SMILES string of the molecule is COc1ccc(S(=O)(=O)N2C[C@@H](CO)[C@H](C)C2)c(C)c1C. The van der Waals surface area contributed by atoms with Gasteiger partial charge < -0.3 is 9.84 Å². The fourth-order valence-electron chi connectivity index (χ4n) is 2.83. The van der Waals surface area contributed by atoms with Crippen molar-refractivity contribution in [3.8, 4) is 5.75 Å². The third kappa shape index (κ3) is 2.80. The van der Waals surface area contributed by atoms with E-state index in [4.69, 9.17) is 4.74 Å². The molecule has 0 saturated carbocycles. The summed E-state index contributed by atoms with van der Waals surface area (Å²) in [5, 5.41) is 9.32. The zero-order valence-electron chi connectivity index (χ0n) is 13.0. The number of aliphatic hydroxyl groups is 1. The average Bonchev–Trinajstić information content (AvgIpc) is 2.83.